The number of hydrogen-bond donors (Lipinski definition) is 1. The summed E-state index contributed by atoms with van der Waals surface area (Å²) in [4.78, 5) is 46.9. The van der Waals surface area contributed by atoms with Crippen molar-refractivity contribution in [1.82, 2.24) is 14.9 Å². The topological polar surface area (TPSA) is 96.7 Å². The molecule has 0 bridgehead atoms. The summed E-state index contributed by atoms with van der Waals surface area (Å²) < 4.78 is 1.93. The lowest BCUT2D eigenvalue weighted by atomic mass is 10.0. The SMILES string of the molecule is O=C1NC(=O)N(c2cccc3ccccc23)C(=O)[C@@H]1C=NCCCn1ccnc1. The number of urea groups is 1. The van der Waals surface area contributed by atoms with E-state index in [2.05, 4.69) is 15.3 Å². The van der Waals surface area contributed by atoms with Gasteiger partial charge < -0.3 is 4.57 Å². The fourth-order valence-electron chi connectivity index (χ4n) is 3.30. The van der Waals surface area contributed by atoms with Gasteiger partial charge in [0.15, 0.2) is 5.92 Å². The zero-order valence-corrected chi connectivity index (χ0v) is 15.6. The Balaban J connectivity index is 1.52. The first-order valence-corrected chi connectivity index (χ1v) is 9.27. The number of aliphatic imine (C=N–C) groups is 1. The number of nitrogens with one attached hydrogen (secondary N) is 1. The van der Waals surface area contributed by atoms with Crippen LogP contribution in [0.4, 0.5) is 10.5 Å². The van der Waals surface area contributed by atoms with Crippen molar-refractivity contribution in [1.29, 1.82) is 0 Å². The number of fused-ring (bicyclic) bond motifs is 1. The first-order valence-electron chi connectivity index (χ1n) is 9.27. The van der Waals surface area contributed by atoms with Crippen molar-refractivity contribution in [3.05, 3.63) is 61.2 Å². The molecule has 2 heterocycles. The molecule has 1 saturated heterocycles. The monoisotopic (exact) mass is 389 g/mol. The van der Waals surface area contributed by atoms with E-state index in [4.69, 9.17) is 0 Å². The van der Waals surface area contributed by atoms with Crippen molar-refractivity contribution in [3.63, 3.8) is 0 Å². The molecule has 8 nitrogen and oxygen atoms in total. The van der Waals surface area contributed by atoms with Crippen LogP contribution in [-0.2, 0) is 16.1 Å². The van der Waals surface area contributed by atoms with E-state index in [1.807, 2.05) is 41.1 Å². The lowest BCUT2D eigenvalue weighted by Gasteiger charge is -2.29. The fourth-order valence-corrected chi connectivity index (χ4v) is 3.30. The second kappa shape index (κ2) is 8.05. The minimum absolute atomic E-state index is 0.441. The Labute approximate surface area is 166 Å². The summed E-state index contributed by atoms with van der Waals surface area (Å²) in [7, 11) is 0. The molecule has 1 atom stereocenters. The number of aromatic nitrogens is 2. The van der Waals surface area contributed by atoms with E-state index in [9.17, 15) is 14.4 Å². The average Bonchev–Trinajstić information content (AvgIpc) is 3.23. The Morgan fingerprint density at radius 1 is 1.10 bits per heavy atom. The van der Waals surface area contributed by atoms with Crippen LogP contribution in [0.25, 0.3) is 10.8 Å². The van der Waals surface area contributed by atoms with E-state index in [-0.39, 0.29) is 0 Å². The first-order chi connectivity index (χ1) is 14.1. The molecule has 146 valence electrons. The summed E-state index contributed by atoms with van der Waals surface area (Å²) in [5.74, 6) is -2.40. The summed E-state index contributed by atoms with van der Waals surface area (Å²) in [5.41, 5.74) is 0.441. The van der Waals surface area contributed by atoms with Crippen LogP contribution in [0, 0.1) is 5.92 Å². The molecule has 4 rings (SSSR count). The Morgan fingerprint density at radius 3 is 2.76 bits per heavy atom. The summed E-state index contributed by atoms with van der Waals surface area (Å²) >= 11 is 0. The van der Waals surface area contributed by atoms with Crippen LogP contribution >= 0.6 is 0 Å². The van der Waals surface area contributed by atoms with Gasteiger partial charge in [0.05, 0.1) is 12.0 Å². The number of hydrogen-bond acceptors (Lipinski definition) is 5. The molecule has 2 aromatic carbocycles. The van der Waals surface area contributed by atoms with E-state index in [0.29, 0.717) is 12.2 Å². The highest BCUT2D eigenvalue weighted by molar-refractivity contribution is 6.33. The maximum atomic E-state index is 13.0. The van der Waals surface area contributed by atoms with Crippen LogP contribution in [0.1, 0.15) is 6.42 Å². The molecule has 1 aromatic heterocycles. The van der Waals surface area contributed by atoms with Crippen molar-refractivity contribution in [3.8, 4) is 0 Å². The second-order valence-corrected chi connectivity index (χ2v) is 6.65. The third-order valence-corrected chi connectivity index (χ3v) is 4.73. The van der Waals surface area contributed by atoms with Gasteiger partial charge in [-0.15, -0.1) is 0 Å². The second-order valence-electron chi connectivity index (χ2n) is 6.65. The number of carbonyl (C=O) groups excluding carboxylic acids is 3. The summed E-state index contributed by atoms with van der Waals surface area (Å²) in [6, 6.07) is 12.1. The predicted molar refractivity (Wildman–Crippen MR) is 109 cm³/mol. The third-order valence-electron chi connectivity index (χ3n) is 4.73. The third kappa shape index (κ3) is 3.77. The molecule has 0 spiro atoms. The largest absolute Gasteiger partial charge is 0.337 e. The van der Waals surface area contributed by atoms with Gasteiger partial charge in [-0.25, -0.2) is 14.7 Å². The minimum atomic E-state index is -1.14. The number of anilines is 1. The Hall–Kier alpha value is -3.81. The zero-order chi connectivity index (χ0) is 20.2. The molecular formula is C21H19N5O3. The van der Waals surface area contributed by atoms with E-state index in [1.54, 1.807) is 24.7 Å². The number of imide groups is 2. The highest BCUT2D eigenvalue weighted by Crippen LogP contribution is 2.29. The zero-order valence-electron chi connectivity index (χ0n) is 15.6. The molecule has 1 aliphatic heterocycles. The maximum Gasteiger partial charge on any atom is 0.335 e. The van der Waals surface area contributed by atoms with Gasteiger partial charge in [-0.05, 0) is 17.9 Å². The highest BCUT2D eigenvalue weighted by Gasteiger charge is 2.40. The maximum absolute atomic E-state index is 13.0. The van der Waals surface area contributed by atoms with Crippen LogP contribution in [-0.4, -0.2) is 40.2 Å². The van der Waals surface area contributed by atoms with Crippen LogP contribution in [0.15, 0.2) is 66.2 Å². The molecule has 8 heteroatoms. The van der Waals surface area contributed by atoms with Gasteiger partial charge >= 0.3 is 6.03 Å². The molecule has 1 aliphatic rings. The van der Waals surface area contributed by atoms with Crippen LogP contribution in [0.3, 0.4) is 0 Å². The minimum Gasteiger partial charge on any atom is -0.337 e. The summed E-state index contributed by atoms with van der Waals surface area (Å²) in [6.45, 7) is 1.19. The van der Waals surface area contributed by atoms with Crippen molar-refractivity contribution in [2.24, 2.45) is 10.9 Å². The van der Waals surface area contributed by atoms with E-state index in [0.717, 1.165) is 28.6 Å². The van der Waals surface area contributed by atoms with Crippen molar-refractivity contribution >= 4 is 40.5 Å². The molecule has 0 aliphatic carbocycles. The van der Waals surface area contributed by atoms with Crippen molar-refractivity contribution < 1.29 is 14.4 Å². The van der Waals surface area contributed by atoms with Crippen LogP contribution in [0.2, 0.25) is 0 Å². The van der Waals surface area contributed by atoms with Gasteiger partial charge in [-0.3, -0.25) is 19.9 Å². The van der Waals surface area contributed by atoms with E-state index < -0.39 is 23.8 Å². The van der Waals surface area contributed by atoms with Crippen molar-refractivity contribution in [2.45, 2.75) is 13.0 Å². The van der Waals surface area contributed by atoms with Gasteiger partial charge in [0.25, 0.3) is 5.91 Å². The van der Waals surface area contributed by atoms with E-state index in [1.165, 1.54) is 6.21 Å². The number of amides is 4. The normalized spacial score (nSPS) is 17.3. The van der Waals surface area contributed by atoms with Gasteiger partial charge in [0, 0.05) is 37.1 Å². The average molecular weight is 389 g/mol. The molecular weight excluding hydrogens is 370 g/mol. The van der Waals surface area contributed by atoms with Gasteiger partial charge in [-0.1, -0.05) is 36.4 Å². The van der Waals surface area contributed by atoms with Crippen LogP contribution in [0.5, 0.6) is 0 Å². The summed E-state index contributed by atoms with van der Waals surface area (Å²) in [6.07, 6.45) is 7.34. The quantitative estimate of drug-likeness (QED) is 0.398. The number of barbiturate groups is 1. The highest BCUT2D eigenvalue weighted by atomic mass is 16.2. The Morgan fingerprint density at radius 2 is 1.93 bits per heavy atom. The van der Waals surface area contributed by atoms with Crippen LogP contribution < -0.4 is 10.2 Å². The number of benzene rings is 2. The van der Waals surface area contributed by atoms with E-state index >= 15 is 0 Å². The van der Waals surface area contributed by atoms with Crippen molar-refractivity contribution in [2.75, 3.05) is 11.4 Å². The number of nitrogens with zero attached hydrogens (tertiary/aromatic N) is 4. The molecule has 3 aromatic rings. The first kappa shape index (κ1) is 18.5. The van der Waals surface area contributed by atoms with Gasteiger partial charge in [-0.2, -0.15) is 0 Å². The van der Waals surface area contributed by atoms with Gasteiger partial charge in [0.1, 0.15) is 0 Å². The summed E-state index contributed by atoms with van der Waals surface area (Å²) in [5, 5.41) is 3.91. The molecule has 0 saturated carbocycles. The molecule has 4 amide bonds. The number of rotatable bonds is 6. The molecule has 1 fully saturated rings. The predicted octanol–water partition coefficient (Wildman–Crippen LogP) is 2.40. The Kier molecular flexibility index (Phi) is 5.15. The lowest BCUT2D eigenvalue weighted by molar-refractivity contribution is -0.131. The van der Waals surface area contributed by atoms with Gasteiger partial charge in [0.2, 0.25) is 5.91 Å². The number of aryl methyl sites for hydroxylation is 1. The number of imidazole rings is 1. The Bertz CT molecular complexity index is 1090. The molecule has 29 heavy (non-hydrogen) atoms. The molecule has 0 unspecified atom stereocenters. The smallest absolute Gasteiger partial charge is 0.335 e. The standard InChI is InChI=1S/C21H19N5O3/c27-19-17(13-22-9-4-11-25-12-10-23-14-25)20(28)26(21(29)24-19)18-8-3-6-15-5-1-2-7-16(15)18/h1-3,5-8,10,12-14,17H,4,9,11H2,(H,24,27,29)/t17-/m1/s1. The lowest BCUT2D eigenvalue weighted by Crippen LogP contribution is -2.58. The molecule has 1 N–H and O–H groups in total. The number of carbonyl (C=O) groups is 3. The fraction of sp³-hybridized carbons (Fsp3) is 0.190. The molecule has 0 radical (unpaired) electrons.